The summed E-state index contributed by atoms with van der Waals surface area (Å²) in [6.07, 6.45) is 2.31. The first-order chi connectivity index (χ1) is 6.70. The second kappa shape index (κ2) is 3.58. The van der Waals surface area contributed by atoms with Crippen molar-refractivity contribution in [3.63, 3.8) is 0 Å². The normalized spacial score (nSPS) is 17.9. The maximum Gasteiger partial charge on any atom is 0.127 e. The summed E-state index contributed by atoms with van der Waals surface area (Å²) in [5, 5.41) is 0. The molecule has 0 bridgehead atoms. The summed E-state index contributed by atoms with van der Waals surface area (Å²) in [5.41, 5.74) is 6.81. The summed E-state index contributed by atoms with van der Waals surface area (Å²) in [4.78, 5) is 0. The van der Waals surface area contributed by atoms with Crippen molar-refractivity contribution >= 4 is 0 Å². The number of methoxy groups -OCH3 is 1. The average molecular weight is 195 g/mol. The summed E-state index contributed by atoms with van der Waals surface area (Å²) < 4.78 is 18.1. The van der Waals surface area contributed by atoms with Crippen LogP contribution in [-0.4, -0.2) is 7.11 Å². The first kappa shape index (κ1) is 9.46. The highest BCUT2D eigenvalue weighted by Gasteiger charge is 2.29. The van der Waals surface area contributed by atoms with Gasteiger partial charge in [-0.1, -0.05) is 0 Å². The Morgan fingerprint density at radius 2 is 2.14 bits per heavy atom. The van der Waals surface area contributed by atoms with Crippen LogP contribution in [0.3, 0.4) is 0 Å². The molecule has 1 aliphatic rings. The van der Waals surface area contributed by atoms with Crippen LogP contribution < -0.4 is 10.5 Å². The van der Waals surface area contributed by atoms with Crippen LogP contribution in [0.5, 0.6) is 5.75 Å². The first-order valence-electron chi connectivity index (χ1n) is 4.81. The zero-order valence-electron chi connectivity index (χ0n) is 8.16. The standard InChI is InChI=1S/C11H14FNO/c1-14-10-5-8(4-9(12)6-10)11(13)7-2-3-7/h4-7,11H,2-3,13H2,1H3/t11-/m1/s1. The smallest absolute Gasteiger partial charge is 0.127 e. The molecule has 0 saturated heterocycles. The second-order valence-electron chi connectivity index (χ2n) is 3.79. The van der Waals surface area contributed by atoms with Crippen LogP contribution in [0.25, 0.3) is 0 Å². The van der Waals surface area contributed by atoms with Gasteiger partial charge in [-0.15, -0.1) is 0 Å². The lowest BCUT2D eigenvalue weighted by Crippen LogP contribution is -2.12. The van der Waals surface area contributed by atoms with E-state index in [1.165, 1.54) is 19.2 Å². The van der Waals surface area contributed by atoms with E-state index in [9.17, 15) is 4.39 Å². The summed E-state index contributed by atoms with van der Waals surface area (Å²) in [7, 11) is 1.53. The molecule has 1 saturated carbocycles. The summed E-state index contributed by atoms with van der Waals surface area (Å²) >= 11 is 0. The Kier molecular flexibility index (Phi) is 2.42. The molecule has 0 aliphatic heterocycles. The monoisotopic (exact) mass is 195 g/mol. The van der Waals surface area contributed by atoms with Crippen molar-refractivity contribution in [3.05, 3.63) is 29.6 Å². The quantitative estimate of drug-likeness (QED) is 0.802. The maximum absolute atomic E-state index is 13.1. The molecular formula is C11H14FNO. The van der Waals surface area contributed by atoms with Crippen LogP contribution in [0.1, 0.15) is 24.4 Å². The highest BCUT2D eigenvalue weighted by Crippen LogP contribution is 2.40. The number of ether oxygens (including phenoxy) is 1. The van der Waals surface area contributed by atoms with Gasteiger partial charge in [0.1, 0.15) is 11.6 Å². The Morgan fingerprint density at radius 3 is 2.71 bits per heavy atom. The minimum atomic E-state index is -0.282. The van der Waals surface area contributed by atoms with Gasteiger partial charge in [-0.2, -0.15) is 0 Å². The molecule has 0 amide bonds. The maximum atomic E-state index is 13.1. The van der Waals surface area contributed by atoms with E-state index in [1.807, 2.05) is 6.07 Å². The second-order valence-corrected chi connectivity index (χ2v) is 3.79. The molecule has 1 aromatic carbocycles. The molecule has 1 aliphatic carbocycles. The van der Waals surface area contributed by atoms with Gasteiger partial charge in [-0.05, 0) is 36.5 Å². The topological polar surface area (TPSA) is 35.2 Å². The van der Waals surface area contributed by atoms with Gasteiger partial charge >= 0.3 is 0 Å². The van der Waals surface area contributed by atoms with Gasteiger partial charge in [0.15, 0.2) is 0 Å². The number of nitrogens with two attached hydrogens (primary N) is 1. The van der Waals surface area contributed by atoms with Crippen molar-refractivity contribution in [2.75, 3.05) is 7.11 Å². The van der Waals surface area contributed by atoms with Crippen molar-refractivity contribution in [2.24, 2.45) is 11.7 Å². The van der Waals surface area contributed by atoms with Gasteiger partial charge < -0.3 is 10.5 Å². The van der Waals surface area contributed by atoms with E-state index >= 15 is 0 Å². The van der Waals surface area contributed by atoms with E-state index in [1.54, 1.807) is 0 Å². The molecule has 1 aromatic rings. The molecule has 0 radical (unpaired) electrons. The Hall–Kier alpha value is -1.09. The van der Waals surface area contributed by atoms with Crippen molar-refractivity contribution in [1.82, 2.24) is 0 Å². The van der Waals surface area contributed by atoms with Crippen LogP contribution in [0, 0.1) is 11.7 Å². The molecule has 76 valence electrons. The van der Waals surface area contributed by atoms with Gasteiger partial charge in [0.2, 0.25) is 0 Å². The fraction of sp³-hybridized carbons (Fsp3) is 0.455. The molecule has 0 spiro atoms. The minimum absolute atomic E-state index is 0.0420. The lowest BCUT2D eigenvalue weighted by Gasteiger charge is -2.12. The van der Waals surface area contributed by atoms with Gasteiger partial charge in [0, 0.05) is 12.1 Å². The number of rotatable bonds is 3. The fourth-order valence-corrected chi connectivity index (χ4v) is 1.62. The molecule has 1 fully saturated rings. The first-order valence-corrected chi connectivity index (χ1v) is 4.81. The van der Waals surface area contributed by atoms with E-state index in [2.05, 4.69) is 0 Å². The average Bonchev–Trinajstić information content (AvgIpc) is 2.99. The summed E-state index contributed by atoms with van der Waals surface area (Å²) in [6.45, 7) is 0. The van der Waals surface area contributed by atoms with E-state index in [-0.39, 0.29) is 11.9 Å². The molecule has 3 heteroatoms. The molecule has 0 unspecified atom stereocenters. The molecule has 0 aromatic heterocycles. The zero-order chi connectivity index (χ0) is 10.1. The predicted octanol–water partition coefficient (Wildman–Crippen LogP) is 2.24. The van der Waals surface area contributed by atoms with E-state index in [0.29, 0.717) is 11.7 Å². The minimum Gasteiger partial charge on any atom is -0.497 e. The SMILES string of the molecule is COc1cc(F)cc([C@H](N)C2CC2)c1. The van der Waals surface area contributed by atoms with Crippen LogP contribution in [-0.2, 0) is 0 Å². The number of hydrogen-bond acceptors (Lipinski definition) is 2. The molecular weight excluding hydrogens is 181 g/mol. The van der Waals surface area contributed by atoms with Gasteiger partial charge in [0.05, 0.1) is 7.11 Å². The van der Waals surface area contributed by atoms with Crippen molar-refractivity contribution in [3.8, 4) is 5.75 Å². The molecule has 2 rings (SSSR count). The number of benzene rings is 1. The van der Waals surface area contributed by atoms with Crippen LogP contribution >= 0.6 is 0 Å². The Labute approximate surface area is 82.9 Å². The number of halogens is 1. The van der Waals surface area contributed by atoms with Crippen LogP contribution in [0.2, 0.25) is 0 Å². The molecule has 2 nitrogen and oxygen atoms in total. The zero-order valence-corrected chi connectivity index (χ0v) is 8.16. The third-order valence-electron chi connectivity index (χ3n) is 2.64. The molecule has 1 atom stereocenters. The Morgan fingerprint density at radius 1 is 1.43 bits per heavy atom. The molecule has 14 heavy (non-hydrogen) atoms. The van der Waals surface area contributed by atoms with Gasteiger partial charge in [-0.3, -0.25) is 0 Å². The highest BCUT2D eigenvalue weighted by atomic mass is 19.1. The largest absolute Gasteiger partial charge is 0.497 e. The van der Waals surface area contributed by atoms with Gasteiger partial charge in [0.25, 0.3) is 0 Å². The van der Waals surface area contributed by atoms with Crippen molar-refractivity contribution in [1.29, 1.82) is 0 Å². The van der Waals surface area contributed by atoms with Crippen LogP contribution in [0.15, 0.2) is 18.2 Å². The predicted molar refractivity (Wildman–Crippen MR) is 52.6 cm³/mol. The lowest BCUT2D eigenvalue weighted by atomic mass is 10.0. The Bertz CT molecular complexity index is 336. The van der Waals surface area contributed by atoms with E-state index in [4.69, 9.17) is 10.5 Å². The summed E-state index contributed by atoms with van der Waals surface area (Å²) in [6, 6.07) is 4.63. The van der Waals surface area contributed by atoms with E-state index in [0.717, 1.165) is 18.4 Å². The summed E-state index contributed by atoms with van der Waals surface area (Å²) in [5.74, 6) is 0.785. The molecule has 2 N–H and O–H groups in total. The third kappa shape index (κ3) is 1.87. The Balaban J connectivity index is 2.27. The van der Waals surface area contributed by atoms with Gasteiger partial charge in [-0.25, -0.2) is 4.39 Å². The van der Waals surface area contributed by atoms with Crippen LogP contribution in [0.4, 0.5) is 4.39 Å². The van der Waals surface area contributed by atoms with Crippen molar-refractivity contribution in [2.45, 2.75) is 18.9 Å². The number of hydrogen-bond donors (Lipinski definition) is 1. The fourth-order valence-electron chi connectivity index (χ4n) is 1.62. The van der Waals surface area contributed by atoms with Crippen molar-refractivity contribution < 1.29 is 9.13 Å². The van der Waals surface area contributed by atoms with E-state index < -0.39 is 0 Å². The lowest BCUT2D eigenvalue weighted by molar-refractivity contribution is 0.409. The molecule has 0 heterocycles. The highest BCUT2D eigenvalue weighted by molar-refractivity contribution is 5.32. The third-order valence-corrected chi connectivity index (χ3v) is 2.64.